The number of aromatic amines is 1. The molecule has 0 unspecified atom stereocenters. The van der Waals surface area contributed by atoms with Gasteiger partial charge in [0.05, 0.1) is 12.4 Å². The molecule has 0 spiro atoms. The molecule has 0 saturated heterocycles. The summed E-state index contributed by atoms with van der Waals surface area (Å²) in [5, 5.41) is 15.6. The first-order valence-corrected chi connectivity index (χ1v) is 3.49. The third-order valence-corrected chi connectivity index (χ3v) is 1.56. The van der Waals surface area contributed by atoms with Gasteiger partial charge in [-0.15, -0.1) is 24.8 Å². The summed E-state index contributed by atoms with van der Waals surface area (Å²) >= 11 is 0. The van der Waals surface area contributed by atoms with E-state index in [0.29, 0.717) is 0 Å². The molecule has 2 N–H and O–H groups in total. The number of rotatable bonds is 1. The Morgan fingerprint density at radius 2 is 1.86 bits per heavy atom. The number of hydrogen-bond donors (Lipinski definition) is 2. The van der Waals surface area contributed by atoms with E-state index >= 15 is 0 Å². The van der Waals surface area contributed by atoms with Gasteiger partial charge in [0, 0.05) is 23.5 Å². The van der Waals surface area contributed by atoms with Crippen molar-refractivity contribution in [2.45, 2.75) is 0 Å². The van der Waals surface area contributed by atoms with Gasteiger partial charge in [0.15, 0.2) is 0 Å². The van der Waals surface area contributed by atoms with Crippen LogP contribution < -0.4 is 0 Å². The summed E-state index contributed by atoms with van der Waals surface area (Å²) in [6.45, 7) is 0. The maximum Gasteiger partial charge on any atom is 0.134 e. The quantitative estimate of drug-likeness (QED) is 0.793. The van der Waals surface area contributed by atoms with Crippen molar-refractivity contribution in [3.8, 4) is 16.9 Å². The van der Waals surface area contributed by atoms with E-state index in [4.69, 9.17) is 5.11 Å². The summed E-state index contributed by atoms with van der Waals surface area (Å²) in [6.07, 6.45) is 6.49. The molecule has 0 aromatic carbocycles. The highest BCUT2D eigenvalue weighted by Crippen LogP contribution is 2.19. The third kappa shape index (κ3) is 2.61. The van der Waals surface area contributed by atoms with Gasteiger partial charge in [0.2, 0.25) is 0 Å². The number of nitrogens with zero attached hydrogens (tertiary/aromatic N) is 2. The number of H-pyrrole nitrogens is 1. The predicted molar refractivity (Wildman–Crippen MR) is 58.0 cm³/mol. The first-order valence-electron chi connectivity index (χ1n) is 3.49. The highest BCUT2D eigenvalue weighted by atomic mass is 35.5. The van der Waals surface area contributed by atoms with Crippen LogP contribution in [0.15, 0.2) is 30.9 Å². The minimum atomic E-state index is 0. The highest BCUT2D eigenvalue weighted by molar-refractivity contribution is 5.85. The second kappa shape index (κ2) is 5.47. The van der Waals surface area contributed by atoms with Crippen LogP contribution in [0.5, 0.6) is 5.75 Å². The molecule has 2 heterocycles. The molecule has 0 aliphatic rings. The van der Waals surface area contributed by atoms with Crippen LogP contribution in [0.2, 0.25) is 0 Å². The van der Waals surface area contributed by atoms with Crippen LogP contribution in [0.25, 0.3) is 11.1 Å². The van der Waals surface area contributed by atoms with Crippen molar-refractivity contribution in [2.24, 2.45) is 0 Å². The van der Waals surface area contributed by atoms with Crippen LogP contribution in [-0.2, 0) is 0 Å². The van der Waals surface area contributed by atoms with Crippen LogP contribution in [-0.4, -0.2) is 20.3 Å². The second-order valence-corrected chi connectivity index (χ2v) is 2.42. The van der Waals surface area contributed by atoms with E-state index in [0.717, 1.165) is 11.1 Å². The largest absolute Gasteiger partial charge is 0.506 e. The number of aromatic nitrogens is 3. The molecule has 0 amide bonds. The molecule has 0 bridgehead atoms. The van der Waals surface area contributed by atoms with Gasteiger partial charge in [-0.3, -0.25) is 10.1 Å². The molecule has 0 saturated carbocycles. The van der Waals surface area contributed by atoms with E-state index in [1.807, 2.05) is 0 Å². The highest BCUT2D eigenvalue weighted by Gasteiger charge is 1.98. The molecule has 0 aliphatic heterocycles. The van der Waals surface area contributed by atoms with Crippen molar-refractivity contribution >= 4 is 24.8 Å². The third-order valence-electron chi connectivity index (χ3n) is 1.56. The molecule has 0 aliphatic carbocycles. The smallest absolute Gasteiger partial charge is 0.134 e. The summed E-state index contributed by atoms with van der Waals surface area (Å²) in [5.41, 5.74) is 1.77. The minimum Gasteiger partial charge on any atom is -0.506 e. The number of halogens is 2. The first-order chi connectivity index (χ1) is 5.86. The molecule has 0 fully saturated rings. The van der Waals surface area contributed by atoms with Crippen LogP contribution in [0, 0.1) is 0 Å². The Hall–Kier alpha value is -1.26. The van der Waals surface area contributed by atoms with Gasteiger partial charge < -0.3 is 5.11 Å². The lowest BCUT2D eigenvalue weighted by Gasteiger charge is -1.95. The zero-order valence-electron chi connectivity index (χ0n) is 7.04. The zero-order chi connectivity index (χ0) is 8.39. The van der Waals surface area contributed by atoms with Gasteiger partial charge in [0.1, 0.15) is 5.75 Å². The summed E-state index contributed by atoms with van der Waals surface area (Å²) < 4.78 is 0. The first kappa shape index (κ1) is 12.7. The zero-order valence-corrected chi connectivity index (χ0v) is 8.68. The van der Waals surface area contributed by atoms with Crippen molar-refractivity contribution in [1.29, 1.82) is 0 Å². The summed E-state index contributed by atoms with van der Waals surface area (Å²) in [6, 6.07) is 1.64. The second-order valence-electron chi connectivity index (χ2n) is 2.42. The maximum atomic E-state index is 9.12. The van der Waals surface area contributed by atoms with Gasteiger partial charge in [-0.1, -0.05) is 0 Å². The molecule has 6 heteroatoms. The lowest BCUT2D eigenvalue weighted by Crippen LogP contribution is -1.76. The standard InChI is InChI=1S/C8H7N3O.2ClH/c12-8-1-6(2-9-5-8)7-3-10-11-4-7;;/h1-5,12H,(H,10,11);2*1H. The van der Waals surface area contributed by atoms with Gasteiger partial charge in [0.25, 0.3) is 0 Å². The molecular weight excluding hydrogens is 225 g/mol. The average Bonchev–Trinajstić information content (AvgIpc) is 2.56. The molecule has 2 aromatic rings. The topological polar surface area (TPSA) is 61.8 Å². The van der Waals surface area contributed by atoms with Crippen molar-refractivity contribution in [1.82, 2.24) is 15.2 Å². The summed E-state index contributed by atoms with van der Waals surface area (Å²) in [5.74, 6) is 0.161. The summed E-state index contributed by atoms with van der Waals surface area (Å²) in [7, 11) is 0. The molecule has 2 aromatic heterocycles. The summed E-state index contributed by atoms with van der Waals surface area (Å²) in [4.78, 5) is 3.85. The normalized spacial score (nSPS) is 8.57. The fourth-order valence-electron chi connectivity index (χ4n) is 0.994. The van der Waals surface area contributed by atoms with Crippen molar-refractivity contribution in [3.63, 3.8) is 0 Å². The van der Waals surface area contributed by atoms with Crippen LogP contribution in [0.1, 0.15) is 0 Å². The molecular formula is C8H9Cl2N3O. The SMILES string of the molecule is Cl.Cl.Oc1cncc(-c2cn[nH]c2)c1. The Morgan fingerprint density at radius 1 is 1.07 bits per heavy atom. The number of hydrogen-bond acceptors (Lipinski definition) is 3. The van der Waals surface area contributed by atoms with E-state index in [-0.39, 0.29) is 30.6 Å². The Bertz CT molecular complexity index is 378. The molecule has 76 valence electrons. The Kier molecular flexibility index (Phi) is 4.97. The van der Waals surface area contributed by atoms with Crippen molar-refractivity contribution < 1.29 is 5.11 Å². The van der Waals surface area contributed by atoms with E-state index < -0.39 is 0 Å². The minimum absolute atomic E-state index is 0. The molecule has 4 nitrogen and oxygen atoms in total. The number of nitrogens with one attached hydrogen (secondary N) is 1. The van der Waals surface area contributed by atoms with E-state index in [1.165, 1.54) is 6.20 Å². The molecule has 14 heavy (non-hydrogen) atoms. The number of aromatic hydroxyl groups is 1. The number of pyridine rings is 1. The Labute approximate surface area is 93.2 Å². The Morgan fingerprint density at radius 3 is 2.43 bits per heavy atom. The van der Waals surface area contributed by atoms with Crippen molar-refractivity contribution in [2.75, 3.05) is 0 Å². The molecule has 2 rings (SSSR count). The van der Waals surface area contributed by atoms with Crippen molar-refractivity contribution in [3.05, 3.63) is 30.9 Å². The maximum absolute atomic E-state index is 9.12. The van der Waals surface area contributed by atoms with E-state index in [9.17, 15) is 0 Å². The predicted octanol–water partition coefficient (Wildman–Crippen LogP) is 2.02. The van der Waals surface area contributed by atoms with Gasteiger partial charge in [-0.05, 0) is 6.07 Å². The van der Waals surface area contributed by atoms with Crippen LogP contribution >= 0.6 is 24.8 Å². The van der Waals surface area contributed by atoms with E-state index in [1.54, 1.807) is 24.7 Å². The lowest BCUT2D eigenvalue weighted by atomic mass is 10.2. The van der Waals surface area contributed by atoms with Crippen LogP contribution in [0.4, 0.5) is 0 Å². The molecule has 0 atom stereocenters. The van der Waals surface area contributed by atoms with E-state index in [2.05, 4.69) is 15.2 Å². The fraction of sp³-hybridized carbons (Fsp3) is 0. The van der Waals surface area contributed by atoms with Gasteiger partial charge in [-0.2, -0.15) is 5.10 Å². The molecule has 0 radical (unpaired) electrons. The monoisotopic (exact) mass is 233 g/mol. The van der Waals surface area contributed by atoms with Crippen LogP contribution in [0.3, 0.4) is 0 Å². The van der Waals surface area contributed by atoms with Gasteiger partial charge in [-0.25, -0.2) is 0 Å². The van der Waals surface area contributed by atoms with Gasteiger partial charge >= 0.3 is 0 Å². The lowest BCUT2D eigenvalue weighted by molar-refractivity contribution is 0.473. The average molecular weight is 234 g/mol. The Balaban J connectivity index is 0.000000845. The fourth-order valence-corrected chi connectivity index (χ4v) is 0.994.